The van der Waals surface area contributed by atoms with Crippen molar-refractivity contribution in [3.63, 3.8) is 0 Å². The van der Waals surface area contributed by atoms with Crippen molar-refractivity contribution in [2.24, 2.45) is 11.0 Å². The van der Waals surface area contributed by atoms with Crippen molar-refractivity contribution in [3.05, 3.63) is 63.6 Å². The molecule has 1 saturated heterocycles. The van der Waals surface area contributed by atoms with Gasteiger partial charge in [-0.3, -0.25) is 19.3 Å². The number of hydrogen-bond acceptors (Lipinski definition) is 5. The number of carbonyl (C=O) groups is 3. The summed E-state index contributed by atoms with van der Waals surface area (Å²) < 4.78 is 0.591. The lowest BCUT2D eigenvalue weighted by Gasteiger charge is -2.30. The summed E-state index contributed by atoms with van der Waals surface area (Å²) in [6.45, 7) is 0. The van der Waals surface area contributed by atoms with Crippen molar-refractivity contribution in [2.75, 3.05) is 4.90 Å². The lowest BCUT2D eigenvalue weighted by molar-refractivity contribution is -0.130. The second-order valence-electron chi connectivity index (χ2n) is 5.62. The van der Waals surface area contributed by atoms with Gasteiger partial charge in [-0.15, -0.1) is 0 Å². The fraction of sp³-hybridized carbons (Fsp3) is 0.0556. The molecule has 0 radical (unpaired) electrons. The number of halogens is 2. The van der Waals surface area contributed by atoms with Gasteiger partial charge >= 0.3 is 0 Å². The third-order valence-electron chi connectivity index (χ3n) is 3.80. The number of rotatable bonds is 4. The minimum absolute atomic E-state index is 0.0424. The van der Waals surface area contributed by atoms with E-state index in [2.05, 4.69) is 31.8 Å². The smallest absolute Gasteiger partial charge is 0.272 e. The number of hydrazone groups is 1. The topological polar surface area (TPSA) is 90.9 Å². The summed E-state index contributed by atoms with van der Waals surface area (Å²) in [7, 11) is 0. The van der Waals surface area contributed by atoms with Crippen LogP contribution in [0.4, 0.5) is 5.69 Å². The summed E-state index contributed by atoms with van der Waals surface area (Å²) in [5.41, 5.74) is 3.12. The minimum atomic E-state index is -1.25. The predicted octanol–water partition coefficient (Wildman–Crippen LogP) is 2.88. The first-order valence-corrected chi connectivity index (χ1v) is 9.49. The molecule has 2 N–H and O–H groups in total. The number of amides is 3. The van der Waals surface area contributed by atoms with Crippen molar-refractivity contribution < 1.29 is 14.4 Å². The zero-order valence-electron chi connectivity index (χ0n) is 14.1. The molecule has 0 saturated carbocycles. The molecule has 1 heterocycles. The molecule has 1 aliphatic rings. The lowest BCUT2D eigenvalue weighted by atomic mass is 10.1. The highest BCUT2D eigenvalue weighted by atomic mass is 79.9. The molecular formula is C18H12BrClN4O3S. The van der Waals surface area contributed by atoms with Crippen molar-refractivity contribution in [3.8, 4) is 0 Å². The molecule has 3 rings (SSSR count). The van der Waals surface area contributed by atoms with Gasteiger partial charge in [0.15, 0.2) is 11.0 Å². The molecule has 2 aromatic carbocycles. The SMILES string of the molecule is O=C(N/N=C\[C@H]1C(=O)NC(=S)N(c2ccc(Cl)cc2)C1=O)c1ccccc1Br. The van der Waals surface area contributed by atoms with E-state index in [-0.39, 0.29) is 5.11 Å². The summed E-state index contributed by atoms with van der Waals surface area (Å²) in [5, 5.41) is 6.67. The molecule has 3 amide bonds. The quantitative estimate of drug-likeness (QED) is 0.305. The standard InChI is InChI=1S/C18H12BrClN4O3S/c19-14-4-2-1-3-12(14)16(26)23-21-9-13-15(25)22-18(28)24(17(13)27)11-7-5-10(20)6-8-11/h1-9,13H,(H,23,26)(H,22,25,28)/b21-9-/t13-/m0/s1. The van der Waals surface area contributed by atoms with E-state index < -0.39 is 23.6 Å². The second kappa shape index (κ2) is 8.59. The Labute approximate surface area is 178 Å². The van der Waals surface area contributed by atoms with E-state index in [1.807, 2.05) is 0 Å². The Balaban J connectivity index is 1.76. The highest BCUT2D eigenvalue weighted by Crippen LogP contribution is 2.22. The molecule has 1 atom stereocenters. The van der Waals surface area contributed by atoms with Crippen LogP contribution in [0.1, 0.15) is 10.4 Å². The van der Waals surface area contributed by atoms with E-state index >= 15 is 0 Å². The fourth-order valence-electron chi connectivity index (χ4n) is 2.43. The van der Waals surface area contributed by atoms with Crippen LogP contribution in [0.15, 0.2) is 58.1 Å². The molecule has 142 valence electrons. The Kier molecular flexibility index (Phi) is 6.18. The summed E-state index contributed by atoms with van der Waals surface area (Å²) in [5.74, 6) is -2.95. The predicted molar refractivity (Wildman–Crippen MR) is 113 cm³/mol. The number of anilines is 1. The summed E-state index contributed by atoms with van der Waals surface area (Å²) in [6.07, 6.45) is 1.07. The summed E-state index contributed by atoms with van der Waals surface area (Å²) in [4.78, 5) is 38.3. The van der Waals surface area contributed by atoms with E-state index in [1.54, 1.807) is 48.5 Å². The molecule has 0 spiro atoms. The second-order valence-corrected chi connectivity index (χ2v) is 7.30. The highest BCUT2D eigenvalue weighted by molar-refractivity contribution is 9.10. The molecule has 2 aromatic rings. The molecule has 0 aliphatic carbocycles. The average Bonchev–Trinajstić information content (AvgIpc) is 2.66. The van der Waals surface area contributed by atoms with Gasteiger partial charge in [0.25, 0.3) is 11.8 Å². The molecule has 1 fully saturated rings. The van der Waals surface area contributed by atoms with Gasteiger partial charge < -0.3 is 5.32 Å². The molecule has 10 heteroatoms. The van der Waals surface area contributed by atoms with Gasteiger partial charge in [0.2, 0.25) is 5.91 Å². The monoisotopic (exact) mass is 478 g/mol. The Bertz CT molecular complexity index is 997. The first-order valence-electron chi connectivity index (χ1n) is 7.91. The third-order valence-corrected chi connectivity index (χ3v) is 5.02. The number of hydrogen-bond donors (Lipinski definition) is 2. The van der Waals surface area contributed by atoms with Crippen molar-refractivity contribution in [1.29, 1.82) is 0 Å². The van der Waals surface area contributed by atoms with Crippen LogP contribution >= 0.6 is 39.7 Å². The zero-order valence-corrected chi connectivity index (χ0v) is 17.2. The third kappa shape index (κ3) is 4.27. The Hall–Kier alpha value is -2.62. The van der Waals surface area contributed by atoms with Crippen LogP contribution in [0, 0.1) is 5.92 Å². The molecule has 28 heavy (non-hydrogen) atoms. The van der Waals surface area contributed by atoms with Gasteiger partial charge in [-0.25, -0.2) is 5.43 Å². The number of carbonyl (C=O) groups excluding carboxylic acids is 3. The van der Waals surface area contributed by atoms with Crippen LogP contribution in [0.5, 0.6) is 0 Å². The van der Waals surface area contributed by atoms with Gasteiger partial charge in [0, 0.05) is 15.7 Å². The number of nitrogens with zero attached hydrogens (tertiary/aromatic N) is 2. The van der Waals surface area contributed by atoms with Crippen LogP contribution in [-0.4, -0.2) is 29.0 Å². The normalized spacial score (nSPS) is 17.0. The maximum atomic E-state index is 12.8. The largest absolute Gasteiger partial charge is 0.301 e. The Morgan fingerprint density at radius 2 is 1.89 bits per heavy atom. The van der Waals surface area contributed by atoms with E-state index in [0.717, 1.165) is 6.21 Å². The number of thiocarbonyl (C=S) groups is 1. The van der Waals surface area contributed by atoms with E-state index in [1.165, 1.54) is 4.90 Å². The first kappa shape index (κ1) is 20.1. The minimum Gasteiger partial charge on any atom is -0.301 e. The molecule has 1 aliphatic heterocycles. The van der Waals surface area contributed by atoms with Crippen LogP contribution in [0.2, 0.25) is 5.02 Å². The van der Waals surface area contributed by atoms with Gasteiger partial charge in [0.1, 0.15) is 0 Å². The van der Waals surface area contributed by atoms with E-state index in [0.29, 0.717) is 20.7 Å². The fourth-order valence-corrected chi connectivity index (χ4v) is 3.32. The van der Waals surface area contributed by atoms with Crippen molar-refractivity contribution in [1.82, 2.24) is 10.7 Å². The van der Waals surface area contributed by atoms with Crippen LogP contribution < -0.4 is 15.6 Å². The molecule has 0 bridgehead atoms. The highest BCUT2D eigenvalue weighted by Gasteiger charge is 2.38. The van der Waals surface area contributed by atoms with Gasteiger partial charge in [0.05, 0.1) is 11.3 Å². The maximum Gasteiger partial charge on any atom is 0.272 e. The lowest BCUT2D eigenvalue weighted by Crippen LogP contribution is -2.58. The van der Waals surface area contributed by atoms with Crippen LogP contribution in [-0.2, 0) is 9.59 Å². The number of benzene rings is 2. The van der Waals surface area contributed by atoms with E-state index in [4.69, 9.17) is 23.8 Å². The Morgan fingerprint density at radius 1 is 1.21 bits per heavy atom. The summed E-state index contributed by atoms with van der Waals surface area (Å²) in [6, 6.07) is 13.2. The maximum absolute atomic E-state index is 12.8. The number of nitrogens with one attached hydrogen (secondary N) is 2. The molecule has 7 nitrogen and oxygen atoms in total. The van der Waals surface area contributed by atoms with Gasteiger partial charge in [-0.2, -0.15) is 5.10 Å². The molecular weight excluding hydrogens is 468 g/mol. The average molecular weight is 480 g/mol. The Morgan fingerprint density at radius 3 is 2.57 bits per heavy atom. The summed E-state index contributed by atoms with van der Waals surface area (Å²) >= 11 is 14.2. The molecule has 0 aromatic heterocycles. The van der Waals surface area contributed by atoms with Gasteiger partial charge in [-0.05, 0) is 64.5 Å². The molecule has 0 unspecified atom stereocenters. The van der Waals surface area contributed by atoms with E-state index in [9.17, 15) is 14.4 Å². The first-order chi connectivity index (χ1) is 13.4. The van der Waals surface area contributed by atoms with Crippen LogP contribution in [0.25, 0.3) is 0 Å². The van der Waals surface area contributed by atoms with Crippen molar-refractivity contribution in [2.45, 2.75) is 0 Å². The van der Waals surface area contributed by atoms with Gasteiger partial charge in [-0.1, -0.05) is 23.7 Å². The zero-order chi connectivity index (χ0) is 20.3. The van der Waals surface area contributed by atoms with Crippen molar-refractivity contribution >= 4 is 74.5 Å². The van der Waals surface area contributed by atoms with Crippen LogP contribution in [0.3, 0.4) is 0 Å².